The molecule has 15 aromatic carbocycles. The van der Waals surface area contributed by atoms with E-state index in [1.165, 1.54) is 13.8 Å². The van der Waals surface area contributed by atoms with E-state index in [0.717, 1.165) is 73.4 Å². The molecule has 0 bridgehead atoms. The van der Waals surface area contributed by atoms with Gasteiger partial charge in [-0.1, -0.05) is 255 Å². The average molecular weight is 1400 g/mol. The highest BCUT2D eigenvalue weighted by atomic mass is 16.1. The predicted molar refractivity (Wildman–Crippen MR) is 437 cm³/mol. The first-order valence-electron chi connectivity index (χ1n) is 35.8. The molecule has 0 aliphatic heterocycles. The van der Waals surface area contributed by atoms with Crippen molar-refractivity contribution in [2.24, 2.45) is 0 Å². The first-order chi connectivity index (χ1) is 52.8. The van der Waals surface area contributed by atoms with Crippen molar-refractivity contribution < 1.29 is 28.8 Å². The van der Waals surface area contributed by atoms with E-state index in [2.05, 4.69) is 45.0 Å². The van der Waals surface area contributed by atoms with Crippen LogP contribution in [-0.2, 0) is 0 Å². The largest absolute Gasteiger partial charge is 0.311 e. The number of hydrogen-bond donors (Lipinski definition) is 0. The monoisotopic (exact) mass is 1400 g/mol. The Morgan fingerprint density at radius 1 is 0.194 bits per heavy atom. The van der Waals surface area contributed by atoms with E-state index in [9.17, 15) is 24.0 Å². The number of rotatable bonds is 23. The summed E-state index contributed by atoms with van der Waals surface area (Å²) in [6.45, 7) is 4.56. The molecule has 0 heterocycles. The van der Waals surface area contributed by atoms with Gasteiger partial charge >= 0.3 is 0 Å². The Balaban J connectivity index is 0.771. The van der Waals surface area contributed by atoms with Crippen LogP contribution in [0, 0.1) is 0 Å². The second-order valence-corrected chi connectivity index (χ2v) is 26.4. The van der Waals surface area contributed by atoms with Gasteiger partial charge in [0.15, 0.2) is 34.7 Å². The number of para-hydroxylation sites is 4. The van der Waals surface area contributed by atoms with Crippen molar-refractivity contribution >= 4 is 85.9 Å². The number of nitrogens with zero attached hydrogens (tertiary/aromatic N) is 3. The number of hydrogen-bond acceptors (Lipinski definition) is 9. The van der Waals surface area contributed by atoms with Crippen molar-refractivity contribution in [3.63, 3.8) is 0 Å². The zero-order valence-corrected chi connectivity index (χ0v) is 59.6. The molecular weight excluding hydrogens is 1330 g/mol. The zero-order valence-electron chi connectivity index (χ0n) is 59.6. The Hall–Kier alpha value is -14.3. The predicted octanol–water partition coefficient (Wildman–Crippen LogP) is 24.7. The Morgan fingerprint density at radius 3 is 0.861 bits per heavy atom. The summed E-state index contributed by atoms with van der Waals surface area (Å²) < 4.78 is 0. The summed E-state index contributed by atoms with van der Waals surface area (Å²) in [4.78, 5) is 92.0. The fourth-order valence-electron chi connectivity index (χ4n) is 14.5. The highest BCUT2D eigenvalue weighted by Crippen LogP contribution is 2.45. The van der Waals surface area contributed by atoms with E-state index in [1.807, 2.05) is 285 Å². The topological polar surface area (TPSA) is 112 Å². The van der Waals surface area contributed by atoms with Crippen LogP contribution in [0.3, 0.4) is 0 Å². The van der Waals surface area contributed by atoms with Crippen molar-refractivity contribution in [2.75, 3.05) is 14.7 Å². The molecule has 0 aromatic heterocycles. The van der Waals surface area contributed by atoms with E-state index < -0.39 is 0 Å². The normalized spacial score (nSPS) is 11.0. The third-order valence-electron chi connectivity index (χ3n) is 19.5. The molecule has 0 radical (unpaired) electrons. The number of carbonyl (C=O) groups is 6. The SMILES string of the molecule is CC(=O)c1cccc(C(C)=O)c1-c1ccc(N(c2ccccc2)c2ccc(-c3ccc(C(=O)c4ccccc4)c(-c4ccc(N(c5ccccc5)c5cccc(-c6cccc(C(=O)c7cccc(C(=O)c8ccccc8)c7-c7ccc(N(c8ccccc8)c8ccccc8)cc7)c6)c5)cc4)c3C(C)=O)cc2)cc1. The molecule has 15 aromatic rings. The van der Waals surface area contributed by atoms with Gasteiger partial charge in [0.05, 0.1) is 0 Å². The molecule has 15 rings (SSSR count). The lowest BCUT2D eigenvalue weighted by Gasteiger charge is -2.27. The number of carbonyl (C=O) groups excluding carboxylic acids is 6. The van der Waals surface area contributed by atoms with Gasteiger partial charge in [-0.25, -0.2) is 0 Å². The fraction of sp³-hybridized carbons (Fsp3) is 0.0303. The maximum Gasteiger partial charge on any atom is 0.193 e. The molecule has 0 spiro atoms. The Bertz CT molecular complexity index is 5780. The highest BCUT2D eigenvalue weighted by molar-refractivity contribution is 6.21. The second-order valence-electron chi connectivity index (χ2n) is 26.4. The van der Waals surface area contributed by atoms with Crippen LogP contribution < -0.4 is 14.7 Å². The van der Waals surface area contributed by atoms with Gasteiger partial charge in [-0.05, 0) is 181 Å². The molecule has 0 N–H and O–H groups in total. The summed E-state index contributed by atoms with van der Waals surface area (Å²) in [5.41, 5.74) is 18.7. The smallest absolute Gasteiger partial charge is 0.193 e. The highest BCUT2D eigenvalue weighted by Gasteiger charge is 2.28. The van der Waals surface area contributed by atoms with Crippen LogP contribution >= 0.6 is 0 Å². The minimum atomic E-state index is -0.242. The van der Waals surface area contributed by atoms with Crippen LogP contribution in [0.2, 0.25) is 0 Å². The third kappa shape index (κ3) is 14.2. The van der Waals surface area contributed by atoms with Gasteiger partial charge in [-0.2, -0.15) is 0 Å². The quantitative estimate of drug-likeness (QED) is 0.0578. The summed E-state index contributed by atoms with van der Waals surface area (Å²) in [5, 5.41) is 0. The molecule has 0 saturated heterocycles. The van der Waals surface area contributed by atoms with Crippen molar-refractivity contribution in [3.05, 3.63) is 426 Å². The van der Waals surface area contributed by atoms with Gasteiger partial charge in [0.1, 0.15) is 0 Å². The molecule has 0 unspecified atom stereocenters. The molecule has 0 aliphatic rings. The molecule has 9 heteroatoms. The van der Waals surface area contributed by atoms with Gasteiger partial charge in [-0.15, -0.1) is 0 Å². The molecule has 0 atom stereocenters. The summed E-state index contributed by atoms with van der Waals surface area (Å²) in [6, 6.07) is 121. The third-order valence-corrected chi connectivity index (χ3v) is 19.5. The van der Waals surface area contributed by atoms with Gasteiger partial charge in [0, 0.05) is 118 Å². The lowest BCUT2D eigenvalue weighted by atomic mass is 9.84. The van der Waals surface area contributed by atoms with Crippen molar-refractivity contribution in [3.8, 4) is 55.6 Å². The second kappa shape index (κ2) is 31.0. The first-order valence-corrected chi connectivity index (χ1v) is 35.8. The molecular formula is C99H71N3O6. The Kier molecular flexibility index (Phi) is 19.9. The standard InChI is InChI=1S/C99H71N3O6/c1-66(103)87-42-24-43-88(67(2)104)94(87)70-48-56-84(57-49-70)101(80-37-18-8-19-38-80)82-54-46-69(47-55-82)89-62-63-92(98(107)74-28-12-5-13-29-74)96(93(89)68(3)105)72-52-60-85(61-53-72)102(81-39-20-9-21-40-81)86-41-23-31-76(65-86)75-30-22-32-77(64-75)99(108)91-45-25-44-90(97(106)73-26-10-4-11-27-73)95(91)71-50-58-83(59-51-71)100(78-33-14-6-15-34-78)79-35-16-7-17-36-79/h4-65H,1-3H3. The minimum Gasteiger partial charge on any atom is -0.311 e. The van der Waals surface area contributed by atoms with Gasteiger partial charge in [-0.3, -0.25) is 28.8 Å². The molecule has 518 valence electrons. The summed E-state index contributed by atoms with van der Waals surface area (Å²) in [6.07, 6.45) is 0. The number of anilines is 9. The summed E-state index contributed by atoms with van der Waals surface area (Å²) in [7, 11) is 0. The number of ketones is 6. The number of benzene rings is 15. The molecule has 0 fully saturated rings. The molecule has 9 nitrogen and oxygen atoms in total. The van der Waals surface area contributed by atoms with Crippen molar-refractivity contribution in [1.29, 1.82) is 0 Å². The minimum absolute atomic E-state index is 0.133. The van der Waals surface area contributed by atoms with Crippen molar-refractivity contribution in [2.45, 2.75) is 20.8 Å². The number of Topliss-reactive ketones (excluding diaryl/α,β-unsaturated/α-hetero) is 3. The lowest BCUT2D eigenvalue weighted by Crippen LogP contribution is -2.11. The van der Waals surface area contributed by atoms with Crippen LogP contribution in [-0.4, -0.2) is 34.7 Å². The van der Waals surface area contributed by atoms with E-state index in [4.69, 9.17) is 0 Å². The summed E-state index contributed by atoms with van der Waals surface area (Å²) in [5.74, 6) is -1.16. The molecule has 0 saturated carbocycles. The van der Waals surface area contributed by atoms with Crippen LogP contribution in [0.15, 0.2) is 376 Å². The molecule has 108 heavy (non-hydrogen) atoms. The van der Waals surface area contributed by atoms with Gasteiger partial charge in [0.2, 0.25) is 0 Å². The first kappa shape index (κ1) is 69.4. The zero-order chi connectivity index (χ0) is 74.2. The Labute approximate surface area is 628 Å². The van der Waals surface area contributed by atoms with E-state index in [1.54, 1.807) is 67.6 Å². The van der Waals surface area contributed by atoms with Crippen LogP contribution in [0.25, 0.3) is 55.6 Å². The lowest BCUT2D eigenvalue weighted by molar-refractivity contribution is 0.100. The van der Waals surface area contributed by atoms with E-state index in [0.29, 0.717) is 83.5 Å². The molecule has 0 aliphatic carbocycles. The maximum atomic E-state index is 15.5. The summed E-state index contributed by atoms with van der Waals surface area (Å²) >= 11 is 0. The Morgan fingerprint density at radius 2 is 0.472 bits per heavy atom. The van der Waals surface area contributed by atoms with Gasteiger partial charge in [0.25, 0.3) is 0 Å². The maximum absolute atomic E-state index is 15.5. The van der Waals surface area contributed by atoms with E-state index >= 15 is 4.79 Å². The van der Waals surface area contributed by atoms with Crippen LogP contribution in [0.5, 0.6) is 0 Å². The van der Waals surface area contributed by atoms with Crippen LogP contribution in [0.1, 0.15) is 99.6 Å². The van der Waals surface area contributed by atoms with E-state index in [-0.39, 0.29) is 34.7 Å². The van der Waals surface area contributed by atoms with Crippen LogP contribution in [0.4, 0.5) is 51.2 Å². The van der Waals surface area contributed by atoms with Crippen molar-refractivity contribution in [1.82, 2.24) is 0 Å². The van der Waals surface area contributed by atoms with Gasteiger partial charge < -0.3 is 14.7 Å². The average Bonchev–Trinajstić information content (AvgIpc) is 0.766. The molecule has 0 amide bonds. The fourth-order valence-corrected chi connectivity index (χ4v) is 14.5.